The molecule has 20 heavy (non-hydrogen) atoms. The standard InChI is InChI=1S/C13H21N3O3S/c17-20(18,14-9-11-5-2-4-8-19-11)13-10-16-7-3-1-6-12(16)15-13/h10-11,14H,1-9H2/t11-/m0/s1. The molecule has 2 aliphatic rings. The van der Waals surface area contributed by atoms with Gasteiger partial charge in [-0.05, 0) is 32.1 Å². The van der Waals surface area contributed by atoms with Crippen LogP contribution in [0.25, 0.3) is 0 Å². The van der Waals surface area contributed by atoms with E-state index < -0.39 is 10.0 Å². The molecule has 1 atom stereocenters. The lowest BCUT2D eigenvalue weighted by atomic mass is 10.1. The number of ether oxygens (including phenoxy) is 1. The van der Waals surface area contributed by atoms with Crippen LogP contribution in [0.3, 0.4) is 0 Å². The van der Waals surface area contributed by atoms with Gasteiger partial charge in [-0.15, -0.1) is 0 Å². The normalized spacial score (nSPS) is 23.5. The van der Waals surface area contributed by atoms with Crippen LogP contribution in [0.15, 0.2) is 11.2 Å². The summed E-state index contributed by atoms with van der Waals surface area (Å²) in [6, 6.07) is 0. The summed E-state index contributed by atoms with van der Waals surface area (Å²) in [6.07, 6.45) is 7.77. The van der Waals surface area contributed by atoms with E-state index >= 15 is 0 Å². The third kappa shape index (κ3) is 3.05. The first-order valence-electron chi connectivity index (χ1n) is 7.32. The molecule has 3 rings (SSSR count). The highest BCUT2D eigenvalue weighted by Crippen LogP contribution is 2.18. The lowest BCUT2D eigenvalue weighted by Gasteiger charge is -2.22. The van der Waals surface area contributed by atoms with E-state index in [4.69, 9.17) is 4.74 Å². The van der Waals surface area contributed by atoms with Crippen LogP contribution >= 0.6 is 0 Å². The third-order valence-electron chi connectivity index (χ3n) is 3.94. The van der Waals surface area contributed by atoms with Gasteiger partial charge in [-0.2, -0.15) is 0 Å². The van der Waals surface area contributed by atoms with Crippen LogP contribution < -0.4 is 4.72 Å². The summed E-state index contributed by atoms with van der Waals surface area (Å²) in [7, 11) is -3.52. The third-order valence-corrected chi connectivity index (χ3v) is 5.23. The molecule has 7 heteroatoms. The van der Waals surface area contributed by atoms with Crippen molar-refractivity contribution < 1.29 is 13.2 Å². The van der Waals surface area contributed by atoms with Crippen LogP contribution in [-0.2, 0) is 27.7 Å². The van der Waals surface area contributed by atoms with Gasteiger partial charge >= 0.3 is 0 Å². The summed E-state index contributed by atoms with van der Waals surface area (Å²) in [5, 5.41) is 0.144. The quantitative estimate of drug-likeness (QED) is 0.902. The lowest BCUT2D eigenvalue weighted by molar-refractivity contribution is 0.0200. The Morgan fingerprint density at radius 2 is 2.25 bits per heavy atom. The summed E-state index contributed by atoms with van der Waals surface area (Å²) in [4.78, 5) is 4.26. The Morgan fingerprint density at radius 1 is 1.35 bits per heavy atom. The highest BCUT2D eigenvalue weighted by Gasteiger charge is 2.23. The van der Waals surface area contributed by atoms with Gasteiger partial charge in [0, 0.05) is 32.3 Å². The van der Waals surface area contributed by atoms with E-state index in [-0.39, 0.29) is 11.1 Å². The van der Waals surface area contributed by atoms with Gasteiger partial charge in [-0.3, -0.25) is 0 Å². The average Bonchev–Trinajstić information content (AvgIpc) is 2.91. The topological polar surface area (TPSA) is 73.2 Å². The Balaban J connectivity index is 1.66. The maximum atomic E-state index is 12.3. The van der Waals surface area contributed by atoms with Crippen molar-refractivity contribution in [2.75, 3.05) is 13.2 Å². The number of hydrogen-bond acceptors (Lipinski definition) is 4. The van der Waals surface area contributed by atoms with Crippen molar-refractivity contribution in [2.45, 2.75) is 56.2 Å². The van der Waals surface area contributed by atoms with Crippen molar-refractivity contribution in [1.29, 1.82) is 0 Å². The van der Waals surface area contributed by atoms with Gasteiger partial charge in [0.2, 0.25) is 0 Å². The number of aromatic nitrogens is 2. The fraction of sp³-hybridized carbons (Fsp3) is 0.769. The predicted molar refractivity (Wildman–Crippen MR) is 73.9 cm³/mol. The van der Waals surface area contributed by atoms with Crippen molar-refractivity contribution in [1.82, 2.24) is 14.3 Å². The van der Waals surface area contributed by atoms with E-state index in [2.05, 4.69) is 9.71 Å². The highest BCUT2D eigenvalue weighted by molar-refractivity contribution is 7.89. The number of rotatable bonds is 4. The first-order chi connectivity index (χ1) is 9.65. The molecule has 3 heterocycles. The number of nitrogens with zero attached hydrogens (tertiary/aromatic N) is 2. The zero-order chi connectivity index (χ0) is 14.0. The van der Waals surface area contributed by atoms with Gasteiger partial charge < -0.3 is 9.30 Å². The van der Waals surface area contributed by atoms with Gasteiger partial charge in [0.25, 0.3) is 10.0 Å². The summed E-state index contributed by atoms with van der Waals surface area (Å²) in [5.41, 5.74) is 0. The Bertz CT molecular complexity index is 538. The second-order valence-electron chi connectivity index (χ2n) is 5.49. The maximum absolute atomic E-state index is 12.3. The van der Waals surface area contributed by atoms with Gasteiger partial charge in [-0.1, -0.05) is 0 Å². The van der Waals surface area contributed by atoms with Crippen LogP contribution in [0.1, 0.15) is 37.9 Å². The molecule has 1 fully saturated rings. The minimum absolute atomic E-state index is 0.00392. The Morgan fingerprint density at radius 3 is 3.00 bits per heavy atom. The maximum Gasteiger partial charge on any atom is 0.259 e. The molecule has 0 aliphatic carbocycles. The molecule has 0 bridgehead atoms. The number of aryl methyl sites for hydroxylation is 2. The smallest absolute Gasteiger partial charge is 0.259 e. The summed E-state index contributed by atoms with van der Waals surface area (Å²) >= 11 is 0. The molecule has 0 spiro atoms. The van der Waals surface area contributed by atoms with Crippen LogP contribution in [0, 0.1) is 0 Å². The van der Waals surface area contributed by atoms with Crippen molar-refractivity contribution in [3.8, 4) is 0 Å². The van der Waals surface area contributed by atoms with E-state index in [9.17, 15) is 8.42 Å². The zero-order valence-corrected chi connectivity index (χ0v) is 12.4. The van der Waals surface area contributed by atoms with E-state index in [0.717, 1.165) is 57.5 Å². The van der Waals surface area contributed by atoms with E-state index in [1.165, 1.54) is 0 Å². The molecule has 1 saturated heterocycles. The van der Waals surface area contributed by atoms with Crippen LogP contribution in [0.2, 0.25) is 0 Å². The van der Waals surface area contributed by atoms with Gasteiger partial charge in [-0.25, -0.2) is 18.1 Å². The number of nitrogens with one attached hydrogen (secondary N) is 1. The monoisotopic (exact) mass is 299 g/mol. The molecule has 1 N–H and O–H groups in total. The summed E-state index contributed by atoms with van der Waals surface area (Å²) in [6.45, 7) is 1.93. The molecule has 112 valence electrons. The van der Waals surface area contributed by atoms with E-state index in [1.807, 2.05) is 4.57 Å². The largest absolute Gasteiger partial charge is 0.377 e. The summed E-state index contributed by atoms with van der Waals surface area (Å²) < 4.78 is 34.6. The van der Waals surface area contributed by atoms with E-state index in [0.29, 0.717) is 6.54 Å². The Kier molecular flexibility index (Phi) is 4.09. The van der Waals surface area contributed by atoms with Gasteiger partial charge in [0.05, 0.1) is 6.10 Å². The number of sulfonamides is 1. The van der Waals surface area contributed by atoms with Crippen molar-refractivity contribution in [2.24, 2.45) is 0 Å². The van der Waals surface area contributed by atoms with E-state index in [1.54, 1.807) is 6.20 Å². The number of imidazole rings is 1. The molecule has 0 amide bonds. The van der Waals surface area contributed by atoms with Crippen LogP contribution in [0.4, 0.5) is 0 Å². The highest BCUT2D eigenvalue weighted by atomic mass is 32.2. The molecule has 0 unspecified atom stereocenters. The van der Waals surface area contributed by atoms with Crippen LogP contribution in [-0.4, -0.2) is 37.2 Å². The van der Waals surface area contributed by atoms with Crippen LogP contribution in [0.5, 0.6) is 0 Å². The fourth-order valence-electron chi connectivity index (χ4n) is 2.76. The molecule has 0 saturated carbocycles. The summed E-state index contributed by atoms with van der Waals surface area (Å²) in [5.74, 6) is 0.880. The number of hydrogen-bond donors (Lipinski definition) is 1. The first-order valence-corrected chi connectivity index (χ1v) is 8.81. The van der Waals surface area contributed by atoms with Crippen molar-refractivity contribution in [3.63, 3.8) is 0 Å². The minimum atomic E-state index is -3.52. The van der Waals surface area contributed by atoms with Crippen molar-refractivity contribution >= 4 is 10.0 Å². The fourth-order valence-corrected chi connectivity index (χ4v) is 3.81. The van der Waals surface area contributed by atoms with Gasteiger partial charge in [0.15, 0.2) is 5.03 Å². The Hall–Kier alpha value is -0.920. The molecule has 6 nitrogen and oxygen atoms in total. The lowest BCUT2D eigenvalue weighted by Crippen LogP contribution is -2.35. The number of fused-ring (bicyclic) bond motifs is 1. The first kappa shape index (κ1) is 14.0. The van der Waals surface area contributed by atoms with Crippen molar-refractivity contribution in [3.05, 3.63) is 12.0 Å². The second-order valence-corrected chi connectivity index (χ2v) is 7.20. The zero-order valence-electron chi connectivity index (χ0n) is 11.5. The molecule has 1 aromatic heterocycles. The Labute approximate surface area is 119 Å². The molecular weight excluding hydrogens is 278 g/mol. The second kappa shape index (κ2) is 5.83. The minimum Gasteiger partial charge on any atom is -0.377 e. The molecule has 2 aliphatic heterocycles. The molecular formula is C13H21N3O3S. The molecule has 1 aromatic rings. The molecule has 0 radical (unpaired) electrons. The average molecular weight is 299 g/mol. The van der Waals surface area contributed by atoms with Gasteiger partial charge in [0.1, 0.15) is 5.82 Å². The predicted octanol–water partition coefficient (Wildman–Crippen LogP) is 1.07. The molecule has 0 aromatic carbocycles. The SMILES string of the molecule is O=S(=O)(NC[C@@H]1CCCCO1)c1cn2c(n1)CCCC2.